The normalized spacial score (nSPS) is 12.2. The van der Waals surface area contributed by atoms with Crippen molar-refractivity contribution >= 4 is 6.29 Å². The third-order valence-corrected chi connectivity index (χ3v) is 3.65. The van der Waals surface area contributed by atoms with Gasteiger partial charge < -0.3 is 0 Å². The minimum absolute atomic E-state index is 0.273. The maximum absolute atomic E-state index is 13.3. The highest BCUT2D eigenvalue weighted by molar-refractivity contribution is 5.76. The third kappa shape index (κ3) is 3.19. The molecule has 4 nitrogen and oxygen atoms in total. The van der Waals surface area contributed by atoms with Gasteiger partial charge in [0.2, 0.25) is 0 Å². The fourth-order valence-corrected chi connectivity index (χ4v) is 2.22. The van der Waals surface area contributed by atoms with Gasteiger partial charge in [-0.05, 0) is 12.1 Å². The molecule has 3 rings (SSSR count). The van der Waals surface area contributed by atoms with E-state index in [1.807, 2.05) is 0 Å². The van der Waals surface area contributed by atoms with Gasteiger partial charge >= 0.3 is 12.1 Å². The number of rotatable bonds is 4. The lowest BCUT2D eigenvalue weighted by Gasteiger charge is -2.19. The van der Waals surface area contributed by atoms with Crippen molar-refractivity contribution in [2.75, 3.05) is 0 Å². The Morgan fingerprint density at radius 3 is 2.04 bits per heavy atom. The molecule has 0 fully saturated rings. The van der Waals surface area contributed by atoms with Crippen molar-refractivity contribution in [1.29, 1.82) is 0 Å². The van der Waals surface area contributed by atoms with E-state index in [9.17, 15) is 26.7 Å². The Bertz CT molecular complexity index is 915. The van der Waals surface area contributed by atoms with Crippen LogP contribution in [0.1, 0.15) is 15.9 Å². The molecule has 26 heavy (non-hydrogen) atoms. The summed E-state index contributed by atoms with van der Waals surface area (Å²) >= 11 is 0. The summed E-state index contributed by atoms with van der Waals surface area (Å²) < 4.78 is 65.0. The number of carbonyl (C=O) groups excluding carboxylic acids is 1. The first kappa shape index (κ1) is 17.7. The molecule has 9 heteroatoms. The fraction of sp³-hybridized carbons (Fsp3) is 0.118. The van der Waals surface area contributed by atoms with Crippen LogP contribution < -0.4 is 0 Å². The smallest absolute Gasteiger partial charge is 0.298 e. The monoisotopic (exact) mass is 367 g/mol. The zero-order chi connectivity index (χ0) is 18.9. The van der Waals surface area contributed by atoms with Crippen molar-refractivity contribution in [2.24, 2.45) is 0 Å². The molecule has 1 aromatic heterocycles. The molecule has 134 valence electrons. The molecular formula is C17H10F5N3O. The largest absolute Gasteiger partial charge is 0.458 e. The second-order valence-corrected chi connectivity index (χ2v) is 5.37. The van der Waals surface area contributed by atoms with Gasteiger partial charge in [0.1, 0.15) is 12.6 Å². The van der Waals surface area contributed by atoms with Crippen LogP contribution >= 0.6 is 0 Å². The highest BCUT2D eigenvalue weighted by atomic mass is 19.4. The summed E-state index contributed by atoms with van der Waals surface area (Å²) in [5.74, 6) is -4.62. The first-order valence-electron chi connectivity index (χ1n) is 7.25. The maximum Gasteiger partial charge on any atom is 0.458 e. The molecule has 1 heterocycles. The molecule has 0 N–H and O–H groups in total. The number of aldehydes is 1. The van der Waals surface area contributed by atoms with E-state index < -0.39 is 17.7 Å². The fourth-order valence-electron chi connectivity index (χ4n) is 2.22. The van der Waals surface area contributed by atoms with Crippen LogP contribution in [-0.2, 0) is 5.92 Å². The lowest BCUT2D eigenvalue weighted by Crippen LogP contribution is -2.33. The van der Waals surface area contributed by atoms with E-state index in [0.717, 1.165) is 12.1 Å². The van der Waals surface area contributed by atoms with Gasteiger partial charge in [-0.2, -0.15) is 22.0 Å². The Hall–Kier alpha value is -3.10. The molecule has 0 aliphatic heterocycles. The van der Waals surface area contributed by atoms with Gasteiger partial charge in [-0.15, -0.1) is 5.10 Å². The third-order valence-electron chi connectivity index (χ3n) is 3.65. The average molecular weight is 367 g/mol. The van der Waals surface area contributed by atoms with E-state index in [0.29, 0.717) is 35.4 Å². The molecular weight excluding hydrogens is 357 g/mol. The minimum Gasteiger partial charge on any atom is -0.298 e. The molecule has 0 unspecified atom stereocenters. The predicted octanol–water partition coefficient (Wildman–Crippen LogP) is 4.40. The average Bonchev–Trinajstić information content (AvgIpc) is 3.11. The number of aromatic nitrogens is 3. The number of alkyl halides is 5. The van der Waals surface area contributed by atoms with Crippen LogP contribution in [0.5, 0.6) is 0 Å². The zero-order valence-electron chi connectivity index (χ0n) is 12.9. The van der Waals surface area contributed by atoms with Crippen LogP contribution in [0.4, 0.5) is 22.0 Å². The Morgan fingerprint density at radius 2 is 1.50 bits per heavy atom. The quantitative estimate of drug-likeness (QED) is 0.507. The number of nitrogens with zero attached hydrogens (tertiary/aromatic N) is 3. The highest BCUT2D eigenvalue weighted by Gasteiger charge is 2.58. The van der Waals surface area contributed by atoms with Crippen molar-refractivity contribution in [1.82, 2.24) is 14.8 Å². The van der Waals surface area contributed by atoms with Gasteiger partial charge in [0.05, 0.1) is 5.69 Å². The van der Waals surface area contributed by atoms with E-state index in [4.69, 9.17) is 0 Å². The summed E-state index contributed by atoms with van der Waals surface area (Å²) in [4.78, 5) is 14.7. The van der Waals surface area contributed by atoms with Crippen molar-refractivity contribution in [3.05, 3.63) is 66.0 Å². The van der Waals surface area contributed by atoms with Crippen LogP contribution in [0.2, 0.25) is 0 Å². The van der Waals surface area contributed by atoms with Gasteiger partial charge in [-0.3, -0.25) is 4.79 Å². The molecule has 0 radical (unpaired) electrons. The molecule has 2 aromatic carbocycles. The van der Waals surface area contributed by atoms with E-state index >= 15 is 0 Å². The molecule has 0 spiro atoms. The van der Waals surface area contributed by atoms with Crippen LogP contribution in [-0.4, -0.2) is 27.2 Å². The minimum atomic E-state index is -5.66. The topological polar surface area (TPSA) is 47.8 Å². The molecule has 0 bridgehead atoms. The first-order chi connectivity index (χ1) is 12.2. The van der Waals surface area contributed by atoms with Crippen molar-refractivity contribution in [3.8, 4) is 17.1 Å². The van der Waals surface area contributed by atoms with Gasteiger partial charge in [-0.25, -0.2) is 9.67 Å². The second kappa shape index (κ2) is 6.32. The molecule has 0 atom stereocenters. The summed E-state index contributed by atoms with van der Waals surface area (Å²) in [6.45, 7) is 0. The summed E-state index contributed by atoms with van der Waals surface area (Å²) in [5, 5.41) is 4.15. The molecule has 0 saturated carbocycles. The SMILES string of the molecule is O=Cc1ccc(-c2ncn(-c3ccc(C(F)(F)C(F)(F)F)cc3)n2)cc1. The van der Waals surface area contributed by atoms with E-state index in [1.54, 1.807) is 24.3 Å². The van der Waals surface area contributed by atoms with Gasteiger partial charge in [0.15, 0.2) is 5.82 Å². The number of carbonyl (C=O) groups is 1. The second-order valence-electron chi connectivity index (χ2n) is 5.37. The van der Waals surface area contributed by atoms with Gasteiger partial charge in [-0.1, -0.05) is 36.4 Å². The summed E-state index contributed by atoms with van der Waals surface area (Å²) in [6, 6.07) is 10.0. The lowest BCUT2D eigenvalue weighted by molar-refractivity contribution is -0.289. The lowest BCUT2D eigenvalue weighted by atomic mass is 10.1. The molecule has 3 aromatic rings. The summed E-state index contributed by atoms with van der Waals surface area (Å²) in [7, 11) is 0. The number of benzene rings is 2. The Labute approximate surface area is 143 Å². The van der Waals surface area contributed by atoms with Crippen LogP contribution in [0.15, 0.2) is 54.9 Å². The maximum atomic E-state index is 13.3. The van der Waals surface area contributed by atoms with Gasteiger partial charge in [0.25, 0.3) is 0 Å². The van der Waals surface area contributed by atoms with Crippen molar-refractivity contribution in [2.45, 2.75) is 12.1 Å². The Kier molecular flexibility index (Phi) is 4.31. The number of halogens is 5. The van der Waals surface area contributed by atoms with Crippen molar-refractivity contribution < 1.29 is 26.7 Å². The molecule has 0 aliphatic rings. The Balaban J connectivity index is 1.86. The standard InChI is InChI=1S/C17H10F5N3O/c18-16(19,17(20,21)22)13-5-7-14(8-6-13)25-10-23-15(24-25)12-3-1-11(9-26)2-4-12/h1-10H. The van der Waals surface area contributed by atoms with E-state index in [1.165, 1.54) is 11.0 Å². The van der Waals surface area contributed by atoms with Crippen molar-refractivity contribution in [3.63, 3.8) is 0 Å². The number of hydrogen-bond donors (Lipinski definition) is 0. The zero-order valence-corrected chi connectivity index (χ0v) is 12.9. The summed E-state index contributed by atoms with van der Waals surface area (Å²) in [6.07, 6.45) is -3.67. The molecule has 0 amide bonds. The van der Waals surface area contributed by atoms with Crippen LogP contribution in [0.3, 0.4) is 0 Å². The predicted molar refractivity (Wildman–Crippen MR) is 82.1 cm³/mol. The molecule has 0 aliphatic carbocycles. The van der Waals surface area contributed by atoms with Gasteiger partial charge in [0, 0.05) is 16.7 Å². The summed E-state index contributed by atoms with van der Waals surface area (Å²) in [5.41, 5.74) is 0.220. The number of hydrogen-bond acceptors (Lipinski definition) is 3. The molecule has 0 saturated heterocycles. The van der Waals surface area contributed by atoms with Crippen LogP contribution in [0, 0.1) is 0 Å². The van der Waals surface area contributed by atoms with E-state index in [2.05, 4.69) is 10.1 Å². The van der Waals surface area contributed by atoms with E-state index in [-0.39, 0.29) is 5.69 Å². The highest BCUT2D eigenvalue weighted by Crippen LogP contribution is 2.43. The van der Waals surface area contributed by atoms with Crippen LogP contribution in [0.25, 0.3) is 17.1 Å². The first-order valence-corrected chi connectivity index (χ1v) is 7.25. The Morgan fingerprint density at radius 1 is 0.885 bits per heavy atom.